The van der Waals surface area contributed by atoms with E-state index in [0.717, 1.165) is 5.56 Å². The summed E-state index contributed by atoms with van der Waals surface area (Å²) in [7, 11) is -3.97. The van der Waals surface area contributed by atoms with Gasteiger partial charge in [-0.05, 0) is 24.1 Å². The molecule has 0 radical (unpaired) electrons. The smallest absolute Gasteiger partial charge is 0.289 e. The van der Waals surface area contributed by atoms with Gasteiger partial charge in [0.15, 0.2) is 5.76 Å². The van der Waals surface area contributed by atoms with Crippen LogP contribution in [0.15, 0.2) is 52.0 Å². The van der Waals surface area contributed by atoms with Gasteiger partial charge in [0.2, 0.25) is 5.09 Å². The Morgan fingerprint density at radius 3 is 2.35 bits per heavy atom. The van der Waals surface area contributed by atoms with E-state index in [-0.39, 0.29) is 5.76 Å². The number of furan rings is 1. The quantitative estimate of drug-likeness (QED) is 0.765. The standard InChI is InChI=1S/C15H19N3O4S/c16-9-11-18(10-8-12-4-2-1-3-5-12)15(19)13-6-7-14(22-13)23(17,20)21/h1-7H,8-11,16H2,(H2,17,20,21). The number of hydrogen-bond donors (Lipinski definition) is 2. The maximum Gasteiger partial charge on any atom is 0.289 e. The largest absolute Gasteiger partial charge is 0.438 e. The first-order valence-electron chi connectivity index (χ1n) is 7.07. The van der Waals surface area contributed by atoms with Gasteiger partial charge in [0, 0.05) is 19.6 Å². The summed E-state index contributed by atoms with van der Waals surface area (Å²) in [6.45, 7) is 1.09. The predicted octanol–water partition coefficient (Wildman–Crippen LogP) is 0.571. The number of nitrogens with two attached hydrogens (primary N) is 2. The molecule has 2 aromatic rings. The minimum absolute atomic E-state index is 0.0736. The molecule has 0 atom stereocenters. The lowest BCUT2D eigenvalue weighted by Gasteiger charge is -2.20. The number of sulfonamides is 1. The Morgan fingerprint density at radius 1 is 1.09 bits per heavy atom. The maximum absolute atomic E-state index is 12.4. The van der Waals surface area contributed by atoms with Crippen LogP contribution in [-0.4, -0.2) is 38.9 Å². The Labute approximate surface area is 134 Å². The van der Waals surface area contributed by atoms with Crippen LogP contribution in [0.1, 0.15) is 16.1 Å². The topological polar surface area (TPSA) is 120 Å². The molecule has 1 heterocycles. The molecule has 0 bridgehead atoms. The molecule has 0 aliphatic carbocycles. The van der Waals surface area contributed by atoms with Crippen LogP contribution < -0.4 is 10.9 Å². The number of rotatable bonds is 7. The van der Waals surface area contributed by atoms with Gasteiger partial charge in [-0.1, -0.05) is 30.3 Å². The van der Waals surface area contributed by atoms with Gasteiger partial charge >= 0.3 is 0 Å². The van der Waals surface area contributed by atoms with Gasteiger partial charge in [0.1, 0.15) is 0 Å². The van der Waals surface area contributed by atoms with Crippen molar-refractivity contribution in [2.45, 2.75) is 11.5 Å². The van der Waals surface area contributed by atoms with Crippen molar-refractivity contribution in [2.24, 2.45) is 10.9 Å². The minimum Gasteiger partial charge on any atom is -0.438 e. The third-order valence-electron chi connectivity index (χ3n) is 3.27. The summed E-state index contributed by atoms with van der Waals surface area (Å²) in [6.07, 6.45) is 0.662. The third kappa shape index (κ3) is 4.65. The van der Waals surface area contributed by atoms with Crippen molar-refractivity contribution in [1.82, 2.24) is 4.90 Å². The van der Waals surface area contributed by atoms with Gasteiger partial charge in [-0.2, -0.15) is 0 Å². The second-order valence-corrected chi connectivity index (χ2v) is 6.47. The summed E-state index contributed by atoms with van der Waals surface area (Å²) in [4.78, 5) is 14.0. The Balaban J connectivity index is 2.10. The van der Waals surface area contributed by atoms with Crippen LogP contribution in [0.4, 0.5) is 0 Å². The zero-order valence-corrected chi connectivity index (χ0v) is 13.3. The highest BCUT2D eigenvalue weighted by atomic mass is 32.2. The number of primary sulfonamides is 1. The molecular weight excluding hydrogens is 318 g/mol. The molecule has 2 rings (SSSR count). The SMILES string of the molecule is NCCN(CCc1ccccc1)C(=O)c1ccc(S(N)(=O)=O)o1. The lowest BCUT2D eigenvalue weighted by Crippen LogP contribution is -2.36. The van der Waals surface area contributed by atoms with Crippen LogP contribution in [0.5, 0.6) is 0 Å². The number of nitrogens with zero attached hydrogens (tertiary/aromatic N) is 1. The molecule has 4 N–H and O–H groups in total. The third-order valence-corrected chi connectivity index (χ3v) is 4.05. The monoisotopic (exact) mass is 337 g/mol. The van der Waals surface area contributed by atoms with Gasteiger partial charge in [-0.25, -0.2) is 13.6 Å². The average Bonchev–Trinajstić information content (AvgIpc) is 3.02. The van der Waals surface area contributed by atoms with Gasteiger partial charge < -0.3 is 15.1 Å². The average molecular weight is 337 g/mol. The highest BCUT2D eigenvalue weighted by molar-refractivity contribution is 7.89. The number of hydrogen-bond acceptors (Lipinski definition) is 5. The molecule has 1 amide bonds. The fourth-order valence-corrected chi connectivity index (χ4v) is 2.59. The first kappa shape index (κ1) is 17.2. The van der Waals surface area contributed by atoms with Gasteiger partial charge in [-0.15, -0.1) is 0 Å². The van der Waals surface area contributed by atoms with E-state index in [1.54, 1.807) is 0 Å². The molecule has 0 spiro atoms. The van der Waals surface area contributed by atoms with Crippen LogP contribution in [0, 0.1) is 0 Å². The molecule has 8 heteroatoms. The van der Waals surface area contributed by atoms with Crippen LogP contribution in [0.3, 0.4) is 0 Å². The lowest BCUT2D eigenvalue weighted by molar-refractivity contribution is 0.0724. The van der Waals surface area contributed by atoms with E-state index in [9.17, 15) is 13.2 Å². The van der Waals surface area contributed by atoms with Crippen molar-refractivity contribution >= 4 is 15.9 Å². The molecule has 0 aliphatic heterocycles. The number of carbonyl (C=O) groups is 1. The van der Waals surface area contributed by atoms with Crippen molar-refractivity contribution in [1.29, 1.82) is 0 Å². The van der Waals surface area contributed by atoms with Crippen LogP contribution in [-0.2, 0) is 16.4 Å². The van der Waals surface area contributed by atoms with Crippen molar-refractivity contribution in [2.75, 3.05) is 19.6 Å². The van der Waals surface area contributed by atoms with Gasteiger partial charge in [0.05, 0.1) is 0 Å². The Morgan fingerprint density at radius 2 is 1.78 bits per heavy atom. The Hall–Kier alpha value is -2.16. The molecule has 124 valence electrons. The van der Waals surface area contributed by atoms with Crippen LogP contribution >= 0.6 is 0 Å². The fourth-order valence-electron chi connectivity index (χ4n) is 2.12. The zero-order valence-electron chi connectivity index (χ0n) is 12.5. The number of benzene rings is 1. The van der Waals surface area contributed by atoms with E-state index >= 15 is 0 Å². The Bertz CT molecular complexity index is 756. The summed E-state index contributed by atoms with van der Waals surface area (Å²) < 4.78 is 27.5. The van der Waals surface area contributed by atoms with Gasteiger partial charge in [-0.3, -0.25) is 4.79 Å². The number of amides is 1. The van der Waals surface area contributed by atoms with E-state index in [1.165, 1.54) is 17.0 Å². The highest BCUT2D eigenvalue weighted by Crippen LogP contribution is 2.14. The Kier molecular flexibility index (Phi) is 5.54. The minimum atomic E-state index is -3.97. The molecule has 0 fully saturated rings. The molecule has 1 aromatic carbocycles. The second kappa shape index (κ2) is 7.40. The zero-order chi connectivity index (χ0) is 16.9. The van der Waals surface area contributed by atoms with Crippen LogP contribution in [0.2, 0.25) is 0 Å². The molecule has 7 nitrogen and oxygen atoms in total. The summed E-state index contributed by atoms with van der Waals surface area (Å²) in [5.74, 6) is -0.489. The van der Waals surface area contributed by atoms with Crippen LogP contribution in [0.25, 0.3) is 0 Å². The molecule has 0 unspecified atom stereocenters. The predicted molar refractivity (Wildman–Crippen MR) is 85.2 cm³/mol. The van der Waals surface area contributed by atoms with Crippen molar-refractivity contribution in [3.05, 3.63) is 53.8 Å². The van der Waals surface area contributed by atoms with E-state index in [2.05, 4.69) is 0 Å². The molecule has 23 heavy (non-hydrogen) atoms. The molecule has 0 saturated heterocycles. The first-order chi connectivity index (χ1) is 10.9. The fraction of sp³-hybridized carbons (Fsp3) is 0.267. The van der Waals surface area contributed by atoms with Gasteiger partial charge in [0.25, 0.3) is 15.9 Å². The normalized spacial score (nSPS) is 11.4. The van der Waals surface area contributed by atoms with E-state index in [4.69, 9.17) is 15.3 Å². The van der Waals surface area contributed by atoms with Crippen molar-refractivity contribution in [3.63, 3.8) is 0 Å². The van der Waals surface area contributed by atoms with E-state index < -0.39 is 21.0 Å². The molecule has 0 saturated carbocycles. The van der Waals surface area contributed by atoms with Crippen molar-refractivity contribution < 1.29 is 17.6 Å². The molecular formula is C15H19N3O4S. The molecule has 0 aliphatic rings. The summed E-state index contributed by atoms with van der Waals surface area (Å²) in [6, 6.07) is 12.2. The number of carbonyl (C=O) groups excluding carboxylic acids is 1. The van der Waals surface area contributed by atoms with E-state index in [0.29, 0.717) is 26.1 Å². The summed E-state index contributed by atoms with van der Waals surface area (Å²) in [5.41, 5.74) is 6.64. The first-order valence-corrected chi connectivity index (χ1v) is 8.62. The maximum atomic E-state index is 12.4. The second-order valence-electron chi connectivity index (χ2n) is 4.98. The molecule has 1 aromatic heterocycles. The lowest BCUT2D eigenvalue weighted by atomic mass is 10.1. The summed E-state index contributed by atoms with van der Waals surface area (Å²) >= 11 is 0. The summed E-state index contributed by atoms with van der Waals surface area (Å²) in [5, 5.41) is 4.54. The highest BCUT2D eigenvalue weighted by Gasteiger charge is 2.21. The van der Waals surface area contributed by atoms with E-state index in [1.807, 2.05) is 30.3 Å². The van der Waals surface area contributed by atoms with Crippen molar-refractivity contribution in [3.8, 4) is 0 Å².